The third kappa shape index (κ3) is 5.54. The van der Waals surface area contributed by atoms with Crippen LogP contribution in [-0.2, 0) is 30.8 Å². The van der Waals surface area contributed by atoms with Crippen molar-refractivity contribution in [1.82, 2.24) is 20.0 Å². The van der Waals surface area contributed by atoms with E-state index in [-0.39, 0.29) is 17.9 Å². The van der Waals surface area contributed by atoms with Crippen molar-refractivity contribution in [3.8, 4) is 5.75 Å². The number of nitrogens with one attached hydrogen (secondary N) is 2. The lowest BCUT2D eigenvalue weighted by Crippen LogP contribution is -2.32. The molecule has 1 aliphatic heterocycles. The Morgan fingerprint density at radius 2 is 1.89 bits per heavy atom. The molecule has 0 spiro atoms. The lowest BCUT2D eigenvalue weighted by molar-refractivity contribution is -0.114. The number of aromatic nitrogens is 2. The lowest BCUT2D eigenvalue weighted by atomic mass is 10.0. The number of nitrogens with zero attached hydrogens (tertiary/aromatic N) is 3. The van der Waals surface area contributed by atoms with Crippen LogP contribution in [0.4, 0.5) is 5.69 Å². The number of methoxy groups -OCH3 is 1. The van der Waals surface area contributed by atoms with Crippen molar-refractivity contribution < 1.29 is 14.3 Å². The van der Waals surface area contributed by atoms with Gasteiger partial charge < -0.3 is 15.4 Å². The summed E-state index contributed by atoms with van der Waals surface area (Å²) in [7, 11) is 1.66. The van der Waals surface area contributed by atoms with Gasteiger partial charge in [0.2, 0.25) is 5.91 Å². The zero-order valence-electron chi connectivity index (χ0n) is 20.2. The highest BCUT2D eigenvalue weighted by Crippen LogP contribution is 2.27. The molecule has 2 aliphatic rings. The number of benzene rings is 2. The van der Waals surface area contributed by atoms with Gasteiger partial charge in [-0.1, -0.05) is 24.3 Å². The smallest absolute Gasteiger partial charge is 0.272 e. The summed E-state index contributed by atoms with van der Waals surface area (Å²) in [6.07, 6.45) is 2.91. The van der Waals surface area contributed by atoms with Gasteiger partial charge in [0.1, 0.15) is 5.75 Å². The van der Waals surface area contributed by atoms with Crippen LogP contribution in [0.5, 0.6) is 5.75 Å². The highest BCUT2D eigenvalue weighted by molar-refractivity contribution is 5.94. The average molecular weight is 474 g/mol. The highest BCUT2D eigenvalue weighted by Gasteiger charge is 2.31. The summed E-state index contributed by atoms with van der Waals surface area (Å²) < 4.78 is 7.37. The fraction of sp³-hybridized carbons (Fsp3) is 0.370. The first kappa shape index (κ1) is 23.1. The Balaban J connectivity index is 1.36. The number of carbonyl (C=O) groups excluding carboxylic acids is 2. The second kappa shape index (κ2) is 9.92. The van der Waals surface area contributed by atoms with Crippen molar-refractivity contribution in [2.75, 3.05) is 19.0 Å². The Labute approximate surface area is 205 Å². The van der Waals surface area contributed by atoms with Crippen LogP contribution in [0.3, 0.4) is 0 Å². The summed E-state index contributed by atoms with van der Waals surface area (Å²) in [5.74, 6) is 0.657. The van der Waals surface area contributed by atoms with Gasteiger partial charge in [0.15, 0.2) is 5.69 Å². The minimum atomic E-state index is -0.0794. The summed E-state index contributed by atoms with van der Waals surface area (Å²) in [6.45, 7) is 4.43. The molecule has 35 heavy (non-hydrogen) atoms. The van der Waals surface area contributed by atoms with Crippen LogP contribution in [0.15, 0.2) is 48.5 Å². The third-order valence-electron chi connectivity index (χ3n) is 6.49. The van der Waals surface area contributed by atoms with Gasteiger partial charge >= 0.3 is 0 Å². The molecule has 0 unspecified atom stereocenters. The van der Waals surface area contributed by atoms with Gasteiger partial charge in [-0.3, -0.25) is 19.2 Å². The number of ether oxygens (including phenoxy) is 1. The van der Waals surface area contributed by atoms with Crippen LogP contribution >= 0.6 is 0 Å². The molecule has 0 radical (unpaired) electrons. The number of amides is 2. The predicted octanol–water partition coefficient (Wildman–Crippen LogP) is 3.35. The molecule has 2 amide bonds. The molecule has 1 saturated carbocycles. The third-order valence-corrected chi connectivity index (χ3v) is 6.49. The monoisotopic (exact) mass is 473 g/mol. The lowest BCUT2D eigenvalue weighted by Gasteiger charge is -2.28. The molecule has 2 N–H and O–H groups in total. The Bertz CT molecular complexity index is 1230. The van der Waals surface area contributed by atoms with Crippen LogP contribution in [0.1, 0.15) is 52.6 Å². The molecule has 0 saturated heterocycles. The van der Waals surface area contributed by atoms with Crippen LogP contribution in [0.2, 0.25) is 0 Å². The molecule has 8 heteroatoms. The number of hydrogen-bond donors (Lipinski definition) is 2. The van der Waals surface area contributed by atoms with E-state index in [0.717, 1.165) is 66.2 Å². The molecule has 1 fully saturated rings. The second-order valence-corrected chi connectivity index (χ2v) is 9.37. The van der Waals surface area contributed by atoms with E-state index in [1.165, 1.54) is 6.92 Å². The van der Waals surface area contributed by atoms with Crippen molar-refractivity contribution in [3.63, 3.8) is 0 Å². The van der Waals surface area contributed by atoms with Crippen molar-refractivity contribution in [2.24, 2.45) is 0 Å². The van der Waals surface area contributed by atoms with E-state index >= 15 is 0 Å². The molecule has 2 heterocycles. The molecule has 0 atom stereocenters. The SMILES string of the molecule is COc1cccc(Cn2nc(C(=O)NC3CC3)c3c2CCN(Cc2ccc(NC(C)=O)cc2)C3)c1. The standard InChI is InChI=1S/C27H31N5O3/c1-18(33)28-21-8-6-19(7-9-21)15-31-13-12-25-24(17-31)26(27(34)29-22-10-11-22)30-32(25)16-20-4-3-5-23(14-20)35-2/h3-9,14,22H,10-13,15-17H2,1-2H3,(H,28,33)(H,29,34). The van der Waals surface area contributed by atoms with E-state index in [1.54, 1.807) is 7.11 Å². The van der Waals surface area contributed by atoms with Gasteiger partial charge in [-0.2, -0.15) is 5.10 Å². The van der Waals surface area contributed by atoms with Gasteiger partial charge in [0, 0.05) is 56.0 Å². The van der Waals surface area contributed by atoms with Crippen molar-refractivity contribution in [1.29, 1.82) is 0 Å². The maximum Gasteiger partial charge on any atom is 0.272 e. The van der Waals surface area contributed by atoms with Crippen LogP contribution < -0.4 is 15.4 Å². The predicted molar refractivity (Wildman–Crippen MR) is 133 cm³/mol. The maximum absolute atomic E-state index is 13.1. The molecule has 5 rings (SSSR count). The van der Waals surface area contributed by atoms with Gasteiger partial charge in [-0.15, -0.1) is 0 Å². The fourth-order valence-corrected chi connectivity index (χ4v) is 4.57. The Kier molecular flexibility index (Phi) is 6.55. The minimum Gasteiger partial charge on any atom is -0.497 e. The molecule has 1 aromatic heterocycles. The first-order valence-electron chi connectivity index (χ1n) is 12.1. The highest BCUT2D eigenvalue weighted by atomic mass is 16.5. The molecule has 0 bridgehead atoms. The van der Waals surface area contributed by atoms with Gasteiger partial charge in [-0.25, -0.2) is 0 Å². The molecule has 2 aromatic carbocycles. The molecular formula is C27H31N5O3. The first-order chi connectivity index (χ1) is 17.0. The van der Waals surface area contributed by atoms with E-state index in [1.807, 2.05) is 47.1 Å². The molecule has 182 valence electrons. The molecule has 3 aromatic rings. The number of hydrogen-bond acceptors (Lipinski definition) is 5. The summed E-state index contributed by atoms with van der Waals surface area (Å²) >= 11 is 0. The summed E-state index contributed by atoms with van der Waals surface area (Å²) in [5.41, 5.74) is 5.74. The Morgan fingerprint density at radius 3 is 2.60 bits per heavy atom. The molecule has 8 nitrogen and oxygen atoms in total. The van der Waals surface area contributed by atoms with Crippen LogP contribution in [-0.4, -0.2) is 46.2 Å². The largest absolute Gasteiger partial charge is 0.497 e. The molecular weight excluding hydrogens is 442 g/mol. The fourth-order valence-electron chi connectivity index (χ4n) is 4.57. The van der Waals surface area contributed by atoms with Crippen molar-refractivity contribution >= 4 is 17.5 Å². The van der Waals surface area contributed by atoms with E-state index in [0.29, 0.717) is 18.8 Å². The first-order valence-corrected chi connectivity index (χ1v) is 12.1. The van der Waals surface area contributed by atoms with Crippen LogP contribution in [0, 0.1) is 0 Å². The second-order valence-electron chi connectivity index (χ2n) is 9.37. The zero-order chi connectivity index (χ0) is 24.4. The quantitative estimate of drug-likeness (QED) is 0.524. The number of carbonyl (C=O) groups is 2. The van der Waals surface area contributed by atoms with E-state index in [4.69, 9.17) is 9.84 Å². The normalized spacial score (nSPS) is 15.4. The number of rotatable bonds is 8. The maximum atomic E-state index is 13.1. The van der Waals surface area contributed by atoms with E-state index in [9.17, 15) is 9.59 Å². The zero-order valence-corrected chi connectivity index (χ0v) is 20.2. The van der Waals surface area contributed by atoms with Gasteiger partial charge in [0.05, 0.1) is 13.7 Å². The average Bonchev–Trinajstić information content (AvgIpc) is 3.60. The van der Waals surface area contributed by atoms with Crippen molar-refractivity contribution in [3.05, 3.63) is 76.6 Å². The topological polar surface area (TPSA) is 88.5 Å². The number of fused-ring (bicyclic) bond motifs is 1. The number of anilines is 1. The van der Waals surface area contributed by atoms with Gasteiger partial charge in [-0.05, 0) is 48.2 Å². The van der Waals surface area contributed by atoms with E-state index < -0.39 is 0 Å². The minimum absolute atomic E-state index is 0.0744. The van der Waals surface area contributed by atoms with Crippen LogP contribution in [0.25, 0.3) is 0 Å². The summed E-state index contributed by atoms with van der Waals surface area (Å²) in [5, 5.41) is 10.7. The molecule has 1 aliphatic carbocycles. The van der Waals surface area contributed by atoms with Crippen molar-refractivity contribution in [2.45, 2.75) is 51.9 Å². The Morgan fingerprint density at radius 1 is 1.09 bits per heavy atom. The Hall–Kier alpha value is -3.65. The van der Waals surface area contributed by atoms with E-state index in [2.05, 4.69) is 21.6 Å². The summed E-state index contributed by atoms with van der Waals surface area (Å²) in [6, 6.07) is 16.2. The summed E-state index contributed by atoms with van der Waals surface area (Å²) in [4.78, 5) is 26.7. The van der Waals surface area contributed by atoms with Gasteiger partial charge in [0.25, 0.3) is 5.91 Å².